The molecule has 2 aromatic carbocycles. The van der Waals surface area contributed by atoms with E-state index in [1.165, 1.54) is 37.7 Å². The number of nitrogens with one attached hydrogen (secondary N) is 1. The minimum Gasteiger partial charge on any atom is -0.497 e. The van der Waals surface area contributed by atoms with Gasteiger partial charge in [-0.1, -0.05) is 37.1 Å². The van der Waals surface area contributed by atoms with E-state index in [2.05, 4.69) is 51.1 Å². The van der Waals surface area contributed by atoms with E-state index >= 15 is 0 Å². The van der Waals surface area contributed by atoms with Gasteiger partial charge >= 0.3 is 0 Å². The maximum absolute atomic E-state index is 13.2. The van der Waals surface area contributed by atoms with Crippen molar-refractivity contribution in [1.82, 2.24) is 20.2 Å². The van der Waals surface area contributed by atoms with E-state index < -0.39 is 0 Å². The van der Waals surface area contributed by atoms with E-state index in [0.717, 1.165) is 69.0 Å². The number of nitrogens with zero attached hydrogens (tertiary/aromatic N) is 3. The van der Waals surface area contributed by atoms with Crippen molar-refractivity contribution in [3.8, 4) is 16.9 Å². The molecule has 3 aliphatic heterocycles. The lowest BCUT2D eigenvalue weighted by molar-refractivity contribution is 0.0748. The van der Waals surface area contributed by atoms with Gasteiger partial charge in [-0.05, 0) is 73.1 Å². The molecule has 3 saturated heterocycles. The lowest BCUT2D eigenvalue weighted by Crippen LogP contribution is -2.47. The Morgan fingerprint density at radius 3 is 2.68 bits per heavy atom. The molecule has 2 atom stereocenters. The maximum Gasteiger partial charge on any atom is 0.265 e. The first-order valence-electron chi connectivity index (χ1n) is 14.1. The van der Waals surface area contributed by atoms with Crippen LogP contribution in [0.2, 0.25) is 0 Å². The Kier molecular flexibility index (Phi) is 8.59. The number of hydrogen-bond acceptors (Lipinski definition) is 5. The summed E-state index contributed by atoms with van der Waals surface area (Å²) < 4.78 is 5.55. The van der Waals surface area contributed by atoms with Crippen LogP contribution in [0.1, 0.15) is 60.9 Å². The topological polar surface area (TPSA) is 48.0 Å². The smallest absolute Gasteiger partial charge is 0.265 e. The first-order chi connectivity index (χ1) is 18.1. The Balaban J connectivity index is 1.44. The van der Waals surface area contributed by atoms with Crippen molar-refractivity contribution in [2.45, 2.75) is 63.6 Å². The van der Waals surface area contributed by atoms with Crippen molar-refractivity contribution in [2.24, 2.45) is 0 Å². The number of hydrazine groups is 1. The van der Waals surface area contributed by atoms with E-state index in [0.29, 0.717) is 17.6 Å². The molecule has 6 heteroatoms. The van der Waals surface area contributed by atoms with Gasteiger partial charge in [-0.15, -0.1) is 6.58 Å². The second kappa shape index (κ2) is 12.2. The van der Waals surface area contributed by atoms with Gasteiger partial charge in [0.25, 0.3) is 5.91 Å². The van der Waals surface area contributed by atoms with Gasteiger partial charge in [0.1, 0.15) is 5.75 Å². The summed E-state index contributed by atoms with van der Waals surface area (Å²) in [5, 5.41) is 2.07. The van der Waals surface area contributed by atoms with Crippen LogP contribution in [0.25, 0.3) is 11.1 Å². The molecule has 2 unspecified atom stereocenters. The van der Waals surface area contributed by atoms with Gasteiger partial charge < -0.3 is 4.74 Å². The molecule has 0 aliphatic carbocycles. The number of fused-ring (bicyclic) bond motifs is 2. The van der Waals surface area contributed by atoms with E-state index in [1.54, 1.807) is 7.11 Å². The second-order valence-electron chi connectivity index (χ2n) is 10.8. The average molecular weight is 503 g/mol. The number of carbonyl (C=O) groups excluding carboxylic acids is 1. The van der Waals surface area contributed by atoms with Crippen molar-refractivity contribution in [3.63, 3.8) is 0 Å². The van der Waals surface area contributed by atoms with Gasteiger partial charge in [-0.2, -0.15) is 0 Å². The van der Waals surface area contributed by atoms with Crippen LogP contribution >= 0.6 is 0 Å². The normalized spacial score (nSPS) is 23.3. The zero-order chi connectivity index (χ0) is 25.6. The number of rotatable bonds is 8. The highest BCUT2D eigenvalue weighted by atomic mass is 16.5. The van der Waals surface area contributed by atoms with Crippen LogP contribution in [0.5, 0.6) is 5.75 Å². The fraction of sp³-hybridized carbons (Fsp3) is 0.516. The van der Waals surface area contributed by atoms with Gasteiger partial charge in [0, 0.05) is 56.9 Å². The van der Waals surface area contributed by atoms with Crippen LogP contribution < -0.4 is 10.2 Å². The first-order valence-corrected chi connectivity index (χ1v) is 14.1. The summed E-state index contributed by atoms with van der Waals surface area (Å²) in [4.78, 5) is 18.5. The van der Waals surface area contributed by atoms with Crippen LogP contribution in [0, 0.1) is 0 Å². The molecule has 2 bridgehead atoms. The predicted octanol–water partition coefficient (Wildman–Crippen LogP) is 5.11. The van der Waals surface area contributed by atoms with E-state index in [4.69, 9.17) is 4.74 Å². The van der Waals surface area contributed by atoms with Gasteiger partial charge in [-0.25, -0.2) is 5.01 Å². The number of carbonyl (C=O) groups is 1. The summed E-state index contributed by atoms with van der Waals surface area (Å²) in [7, 11) is 1.70. The highest BCUT2D eigenvalue weighted by Crippen LogP contribution is 2.34. The van der Waals surface area contributed by atoms with Gasteiger partial charge in [0.05, 0.1) is 7.11 Å². The predicted molar refractivity (Wildman–Crippen MR) is 150 cm³/mol. The third-order valence-electron chi connectivity index (χ3n) is 8.37. The Morgan fingerprint density at radius 1 is 1.03 bits per heavy atom. The fourth-order valence-electron chi connectivity index (χ4n) is 6.38. The Bertz CT molecular complexity index is 1080. The number of methoxy groups -OCH3 is 1. The molecule has 3 fully saturated rings. The zero-order valence-corrected chi connectivity index (χ0v) is 22.3. The van der Waals surface area contributed by atoms with Crippen LogP contribution in [0.3, 0.4) is 0 Å². The summed E-state index contributed by atoms with van der Waals surface area (Å²) in [6.07, 6.45) is 10.6. The molecule has 1 amide bonds. The van der Waals surface area contributed by atoms with E-state index in [-0.39, 0.29) is 5.91 Å². The highest BCUT2D eigenvalue weighted by molar-refractivity contribution is 5.95. The van der Waals surface area contributed by atoms with Gasteiger partial charge in [-0.3, -0.25) is 20.0 Å². The largest absolute Gasteiger partial charge is 0.497 e. The summed E-state index contributed by atoms with van der Waals surface area (Å²) in [6.45, 7) is 9.93. The molecule has 0 aromatic heterocycles. The molecule has 0 saturated carbocycles. The fourth-order valence-corrected chi connectivity index (χ4v) is 6.38. The lowest BCUT2D eigenvalue weighted by atomic mass is 9.91. The minimum absolute atomic E-state index is 0.0238. The van der Waals surface area contributed by atoms with Crippen LogP contribution in [0.15, 0.2) is 55.1 Å². The number of hydrogen-bond donors (Lipinski definition) is 1. The minimum atomic E-state index is -0.0238. The molecule has 198 valence electrons. The summed E-state index contributed by atoms with van der Waals surface area (Å²) in [6, 6.07) is 15.7. The maximum atomic E-state index is 13.2. The van der Waals surface area contributed by atoms with Crippen molar-refractivity contribution in [1.29, 1.82) is 0 Å². The zero-order valence-electron chi connectivity index (χ0n) is 22.3. The van der Waals surface area contributed by atoms with E-state index in [1.807, 2.05) is 24.3 Å². The van der Waals surface area contributed by atoms with Crippen molar-refractivity contribution < 1.29 is 9.53 Å². The molecule has 1 N–H and O–H groups in total. The third-order valence-corrected chi connectivity index (χ3v) is 8.37. The molecule has 0 radical (unpaired) electrons. The number of benzene rings is 2. The summed E-state index contributed by atoms with van der Waals surface area (Å²) >= 11 is 0. The number of amides is 1. The second-order valence-corrected chi connectivity index (χ2v) is 10.8. The Hall–Kier alpha value is -2.67. The standard InChI is InChI=1S/C31H42N4O2/c1-3-16-33-19-15-27-10-8-11-28(23-33)35(27)22-26-14-13-25(31(36)32-34-17-5-4-6-18-34)21-30(26)24-9-7-12-29(20-24)37-2/h3,7,9,12-14,20-21,27-28H,1,4-6,8,10-11,15-19,22-23H2,2H3,(H,32,36). The molecule has 2 aromatic rings. The van der Waals surface area contributed by atoms with Crippen molar-refractivity contribution in [2.75, 3.05) is 39.8 Å². The number of piperidine rings is 2. The molecular weight excluding hydrogens is 460 g/mol. The quantitative estimate of drug-likeness (QED) is 0.509. The van der Waals surface area contributed by atoms with Crippen molar-refractivity contribution in [3.05, 3.63) is 66.2 Å². The molecule has 6 nitrogen and oxygen atoms in total. The van der Waals surface area contributed by atoms with Gasteiger partial charge in [0.15, 0.2) is 0 Å². The summed E-state index contributed by atoms with van der Waals surface area (Å²) in [5.74, 6) is 0.808. The van der Waals surface area contributed by atoms with Crippen LogP contribution in [-0.2, 0) is 6.54 Å². The Labute approximate surface area is 222 Å². The van der Waals surface area contributed by atoms with Crippen LogP contribution in [-0.4, -0.2) is 72.6 Å². The summed E-state index contributed by atoms with van der Waals surface area (Å²) in [5.41, 5.74) is 7.34. The highest BCUT2D eigenvalue weighted by Gasteiger charge is 2.34. The molecule has 3 aliphatic rings. The Morgan fingerprint density at radius 2 is 1.86 bits per heavy atom. The molecular formula is C31H42N4O2. The first kappa shape index (κ1) is 26.0. The van der Waals surface area contributed by atoms with Crippen LogP contribution in [0.4, 0.5) is 0 Å². The molecule has 5 rings (SSSR count). The molecule has 3 heterocycles. The number of ether oxygens (including phenoxy) is 1. The molecule has 0 spiro atoms. The monoisotopic (exact) mass is 502 g/mol. The molecule has 37 heavy (non-hydrogen) atoms. The lowest BCUT2D eigenvalue weighted by Gasteiger charge is -2.41. The van der Waals surface area contributed by atoms with Crippen molar-refractivity contribution >= 4 is 5.91 Å². The van der Waals surface area contributed by atoms with Gasteiger partial charge in [0.2, 0.25) is 0 Å². The third kappa shape index (κ3) is 6.25. The SMILES string of the molecule is C=CCN1CCC2CCCC(C1)N2Cc1ccc(C(=O)NN2CCCCC2)cc1-c1cccc(OC)c1. The van der Waals surface area contributed by atoms with E-state index in [9.17, 15) is 4.79 Å². The average Bonchev–Trinajstić information content (AvgIpc) is 3.01.